The van der Waals surface area contributed by atoms with Crippen LogP contribution in [-0.4, -0.2) is 23.0 Å². The summed E-state index contributed by atoms with van der Waals surface area (Å²) < 4.78 is 11.0. The third kappa shape index (κ3) is 3.65. The second-order valence-electron chi connectivity index (χ2n) is 6.65. The Morgan fingerprint density at radius 2 is 2.04 bits per heavy atom. The van der Waals surface area contributed by atoms with Crippen LogP contribution in [0, 0.1) is 6.92 Å². The number of benzene rings is 1. The van der Waals surface area contributed by atoms with Gasteiger partial charge in [0.2, 0.25) is 0 Å². The van der Waals surface area contributed by atoms with Crippen molar-refractivity contribution in [2.75, 3.05) is 7.11 Å². The molecule has 0 N–H and O–H groups in total. The maximum Gasteiger partial charge on any atom is 0.134 e. The fourth-order valence-electron chi connectivity index (χ4n) is 3.15. The number of rotatable bonds is 6. The van der Waals surface area contributed by atoms with Gasteiger partial charge in [0.05, 0.1) is 19.2 Å². The standard InChI is InChI=1S/C20H21ClN2O2/c1-13-3-7-18(25-13)12-23(16-5-6-16)11-15-9-14-4-8-17(24-2)10-19(14)22-20(15)21/h3-4,7-10,16H,5-6,11-12H2,1-2H3. The quantitative estimate of drug-likeness (QED) is 0.585. The normalized spacial score (nSPS) is 14.4. The molecule has 1 aliphatic rings. The molecule has 0 bridgehead atoms. The number of fused-ring (bicyclic) bond motifs is 1. The summed E-state index contributed by atoms with van der Waals surface area (Å²) in [6, 6.07) is 12.7. The lowest BCUT2D eigenvalue weighted by molar-refractivity contribution is 0.224. The van der Waals surface area contributed by atoms with Gasteiger partial charge in [0, 0.05) is 29.6 Å². The van der Waals surface area contributed by atoms with Crippen molar-refractivity contribution in [3.63, 3.8) is 0 Å². The Kier molecular flexibility index (Phi) is 4.40. The summed E-state index contributed by atoms with van der Waals surface area (Å²) in [4.78, 5) is 6.99. The summed E-state index contributed by atoms with van der Waals surface area (Å²) >= 11 is 6.47. The molecule has 4 rings (SSSR count). The first-order chi connectivity index (χ1) is 12.1. The van der Waals surface area contributed by atoms with Gasteiger partial charge in [-0.1, -0.05) is 11.6 Å². The number of aromatic nitrogens is 1. The fourth-order valence-corrected chi connectivity index (χ4v) is 3.35. The minimum Gasteiger partial charge on any atom is -0.497 e. The molecular formula is C20H21ClN2O2. The predicted octanol–water partition coefficient (Wildman–Crippen LogP) is 4.96. The highest BCUT2D eigenvalue weighted by molar-refractivity contribution is 6.30. The van der Waals surface area contributed by atoms with Crippen LogP contribution in [0.5, 0.6) is 5.75 Å². The van der Waals surface area contributed by atoms with Crippen molar-refractivity contribution in [2.45, 2.75) is 38.9 Å². The topological polar surface area (TPSA) is 38.5 Å². The van der Waals surface area contributed by atoms with Gasteiger partial charge in [0.25, 0.3) is 0 Å². The van der Waals surface area contributed by atoms with E-state index in [2.05, 4.69) is 22.0 Å². The Labute approximate surface area is 152 Å². The Morgan fingerprint density at radius 1 is 1.20 bits per heavy atom. The van der Waals surface area contributed by atoms with E-state index in [1.807, 2.05) is 31.2 Å². The highest BCUT2D eigenvalue weighted by Crippen LogP contribution is 2.32. The van der Waals surface area contributed by atoms with Crippen LogP contribution in [0.3, 0.4) is 0 Å². The lowest BCUT2D eigenvalue weighted by Crippen LogP contribution is -2.25. The number of hydrogen-bond acceptors (Lipinski definition) is 4. The smallest absolute Gasteiger partial charge is 0.134 e. The van der Waals surface area contributed by atoms with Crippen LogP contribution in [0.4, 0.5) is 0 Å². The lowest BCUT2D eigenvalue weighted by Gasteiger charge is -2.21. The van der Waals surface area contributed by atoms with Crippen molar-refractivity contribution in [1.82, 2.24) is 9.88 Å². The molecule has 2 heterocycles. The molecule has 0 unspecified atom stereocenters. The number of ether oxygens (including phenoxy) is 1. The molecule has 5 heteroatoms. The van der Waals surface area contributed by atoms with E-state index in [0.29, 0.717) is 11.2 Å². The number of halogens is 1. The van der Waals surface area contributed by atoms with Gasteiger partial charge in [-0.3, -0.25) is 4.90 Å². The second kappa shape index (κ2) is 6.70. The Balaban J connectivity index is 1.60. The molecule has 0 spiro atoms. The summed E-state index contributed by atoms with van der Waals surface area (Å²) in [5.74, 6) is 2.74. The summed E-state index contributed by atoms with van der Waals surface area (Å²) in [7, 11) is 1.65. The van der Waals surface area contributed by atoms with Gasteiger partial charge in [-0.05, 0) is 50.1 Å². The van der Waals surface area contributed by atoms with E-state index in [1.165, 1.54) is 12.8 Å². The molecule has 0 atom stereocenters. The molecule has 25 heavy (non-hydrogen) atoms. The SMILES string of the molecule is COc1ccc2cc(CN(Cc3ccc(C)o3)C3CC3)c(Cl)nc2c1. The third-order valence-electron chi connectivity index (χ3n) is 4.64. The van der Waals surface area contributed by atoms with Crippen LogP contribution in [0.1, 0.15) is 29.9 Å². The van der Waals surface area contributed by atoms with Gasteiger partial charge >= 0.3 is 0 Å². The number of nitrogens with zero attached hydrogens (tertiary/aromatic N) is 2. The molecule has 0 saturated heterocycles. The number of aryl methyl sites for hydroxylation is 1. The summed E-state index contributed by atoms with van der Waals surface area (Å²) in [6.07, 6.45) is 2.46. The second-order valence-corrected chi connectivity index (χ2v) is 7.00. The monoisotopic (exact) mass is 356 g/mol. The molecule has 0 aliphatic heterocycles. The molecule has 3 aromatic rings. The molecule has 1 aromatic carbocycles. The van der Waals surface area contributed by atoms with E-state index in [1.54, 1.807) is 7.11 Å². The molecule has 130 valence electrons. The highest BCUT2D eigenvalue weighted by atomic mass is 35.5. The van der Waals surface area contributed by atoms with Crippen LogP contribution in [0.2, 0.25) is 5.15 Å². The minimum atomic E-state index is 0.557. The number of furan rings is 1. The molecule has 1 saturated carbocycles. The molecule has 0 amide bonds. The van der Waals surface area contributed by atoms with Crippen molar-refractivity contribution < 1.29 is 9.15 Å². The number of hydrogen-bond donors (Lipinski definition) is 0. The molecule has 4 nitrogen and oxygen atoms in total. The van der Waals surface area contributed by atoms with Gasteiger partial charge in [-0.15, -0.1) is 0 Å². The predicted molar refractivity (Wildman–Crippen MR) is 99.0 cm³/mol. The van der Waals surface area contributed by atoms with Crippen LogP contribution < -0.4 is 4.74 Å². The average Bonchev–Trinajstić information content (AvgIpc) is 3.37. The molecule has 1 aliphatic carbocycles. The van der Waals surface area contributed by atoms with E-state index >= 15 is 0 Å². The van der Waals surface area contributed by atoms with Crippen LogP contribution in [0.25, 0.3) is 10.9 Å². The van der Waals surface area contributed by atoms with Gasteiger partial charge in [-0.25, -0.2) is 4.98 Å². The summed E-state index contributed by atoms with van der Waals surface area (Å²) in [5, 5.41) is 1.63. The van der Waals surface area contributed by atoms with Crippen molar-refractivity contribution in [1.29, 1.82) is 0 Å². The van der Waals surface area contributed by atoms with Gasteiger partial charge in [-0.2, -0.15) is 0 Å². The minimum absolute atomic E-state index is 0.557. The third-order valence-corrected chi connectivity index (χ3v) is 4.97. The van der Waals surface area contributed by atoms with Gasteiger partial charge in [0.15, 0.2) is 0 Å². The first-order valence-electron chi connectivity index (χ1n) is 8.55. The van der Waals surface area contributed by atoms with Crippen molar-refractivity contribution in [3.05, 3.63) is 58.6 Å². The maximum absolute atomic E-state index is 6.47. The van der Waals surface area contributed by atoms with E-state index in [0.717, 1.165) is 46.8 Å². The zero-order valence-electron chi connectivity index (χ0n) is 14.5. The number of pyridine rings is 1. The van der Waals surface area contributed by atoms with Crippen molar-refractivity contribution in [2.24, 2.45) is 0 Å². The van der Waals surface area contributed by atoms with Crippen LogP contribution >= 0.6 is 11.6 Å². The van der Waals surface area contributed by atoms with Crippen LogP contribution in [0.15, 0.2) is 40.8 Å². The Hall–Kier alpha value is -2.04. The summed E-state index contributed by atoms with van der Waals surface area (Å²) in [6.45, 7) is 3.55. The van der Waals surface area contributed by atoms with Crippen molar-refractivity contribution >= 4 is 22.5 Å². The molecular weight excluding hydrogens is 336 g/mol. The molecule has 1 fully saturated rings. The molecule has 2 aromatic heterocycles. The first-order valence-corrected chi connectivity index (χ1v) is 8.93. The van der Waals surface area contributed by atoms with Gasteiger partial charge in [0.1, 0.15) is 22.4 Å². The first kappa shape index (κ1) is 16.4. The fraction of sp³-hybridized carbons (Fsp3) is 0.350. The lowest BCUT2D eigenvalue weighted by atomic mass is 10.1. The average molecular weight is 357 g/mol. The zero-order chi connectivity index (χ0) is 17.4. The van der Waals surface area contributed by atoms with E-state index in [-0.39, 0.29) is 0 Å². The highest BCUT2D eigenvalue weighted by Gasteiger charge is 2.30. The largest absolute Gasteiger partial charge is 0.497 e. The maximum atomic E-state index is 6.47. The van der Waals surface area contributed by atoms with Gasteiger partial charge < -0.3 is 9.15 Å². The molecule has 0 radical (unpaired) electrons. The Morgan fingerprint density at radius 3 is 2.72 bits per heavy atom. The van der Waals surface area contributed by atoms with Crippen LogP contribution in [-0.2, 0) is 13.1 Å². The number of methoxy groups -OCH3 is 1. The van der Waals surface area contributed by atoms with E-state index < -0.39 is 0 Å². The van der Waals surface area contributed by atoms with E-state index in [4.69, 9.17) is 20.8 Å². The Bertz CT molecular complexity index is 902. The van der Waals surface area contributed by atoms with Crippen molar-refractivity contribution in [3.8, 4) is 5.75 Å². The zero-order valence-corrected chi connectivity index (χ0v) is 15.2. The summed E-state index contributed by atoms with van der Waals surface area (Å²) in [5.41, 5.74) is 1.90. The van der Waals surface area contributed by atoms with E-state index in [9.17, 15) is 0 Å².